The van der Waals surface area contributed by atoms with E-state index in [1.807, 2.05) is 0 Å². The molecule has 0 aliphatic carbocycles. The molecule has 8 nitrogen and oxygen atoms in total. The monoisotopic (exact) mass is 456 g/mol. The summed E-state index contributed by atoms with van der Waals surface area (Å²) in [7, 11) is 0. The largest absolute Gasteiger partial charge is 0.434 e. The summed E-state index contributed by atoms with van der Waals surface area (Å²) in [6.45, 7) is -0.438. The molecule has 0 radical (unpaired) electrons. The number of piperidine rings is 1. The van der Waals surface area contributed by atoms with Gasteiger partial charge in [-0.25, -0.2) is 9.59 Å². The summed E-state index contributed by atoms with van der Waals surface area (Å²) in [5.41, 5.74) is 5.59. The van der Waals surface area contributed by atoms with Crippen molar-refractivity contribution < 1.29 is 45.5 Å². The third-order valence-corrected chi connectivity index (χ3v) is 4.31. The minimum Gasteiger partial charge on any atom is -0.426 e. The first-order valence-electron chi connectivity index (χ1n) is 8.83. The molecule has 0 unspecified atom stereocenters. The van der Waals surface area contributed by atoms with E-state index in [1.54, 1.807) is 0 Å². The zero-order chi connectivity index (χ0) is 23.4. The summed E-state index contributed by atoms with van der Waals surface area (Å²) < 4.78 is 78.7. The summed E-state index contributed by atoms with van der Waals surface area (Å²) in [4.78, 5) is 35.6. The fourth-order valence-corrected chi connectivity index (χ4v) is 2.80. The van der Waals surface area contributed by atoms with Crippen LogP contribution in [0.3, 0.4) is 0 Å². The van der Waals surface area contributed by atoms with Crippen molar-refractivity contribution in [1.29, 1.82) is 0 Å². The smallest absolute Gasteiger partial charge is 0.426 e. The Bertz CT molecular complexity index is 808. The normalized spacial score (nSPS) is 15.5. The number of nitrogens with one attached hydrogen (secondary N) is 2. The maximum atomic E-state index is 12.5. The predicted molar refractivity (Wildman–Crippen MR) is 94.1 cm³/mol. The molecule has 0 aromatic heterocycles. The number of hydrogen-bond acceptors (Lipinski definition) is 4. The van der Waals surface area contributed by atoms with E-state index in [0.717, 1.165) is 0 Å². The van der Waals surface area contributed by atoms with Crippen molar-refractivity contribution in [1.82, 2.24) is 10.2 Å². The van der Waals surface area contributed by atoms with E-state index < -0.39 is 42.5 Å². The van der Waals surface area contributed by atoms with Crippen molar-refractivity contribution in [3.05, 3.63) is 29.8 Å². The zero-order valence-electron chi connectivity index (χ0n) is 15.7. The molecule has 0 bridgehead atoms. The fourth-order valence-electron chi connectivity index (χ4n) is 2.80. The van der Waals surface area contributed by atoms with Crippen molar-refractivity contribution in [2.45, 2.75) is 37.3 Å². The van der Waals surface area contributed by atoms with Crippen molar-refractivity contribution in [2.75, 3.05) is 18.4 Å². The highest BCUT2D eigenvalue weighted by Crippen LogP contribution is 2.36. The van der Waals surface area contributed by atoms with Crippen LogP contribution in [0.2, 0.25) is 0 Å². The second kappa shape index (κ2) is 9.31. The number of carbonyl (C=O) groups is 3. The average molecular weight is 456 g/mol. The summed E-state index contributed by atoms with van der Waals surface area (Å²) in [5, 5.41) is 5.02. The van der Waals surface area contributed by atoms with Gasteiger partial charge in [-0.1, -0.05) is 6.07 Å². The number of urea groups is 1. The van der Waals surface area contributed by atoms with E-state index in [0.29, 0.717) is 4.90 Å². The molecule has 0 atom stereocenters. The van der Waals surface area contributed by atoms with Crippen LogP contribution < -0.4 is 16.4 Å². The van der Waals surface area contributed by atoms with Crippen molar-refractivity contribution in [3.63, 3.8) is 0 Å². The molecular weight excluding hydrogens is 438 g/mol. The molecule has 1 aliphatic rings. The van der Waals surface area contributed by atoms with E-state index in [1.165, 1.54) is 24.3 Å². The van der Waals surface area contributed by atoms with Gasteiger partial charge in [-0.2, -0.15) is 26.3 Å². The van der Waals surface area contributed by atoms with Gasteiger partial charge in [-0.3, -0.25) is 4.79 Å². The number of anilines is 1. The number of alkyl halides is 6. The molecule has 2 rings (SSSR count). The topological polar surface area (TPSA) is 114 Å². The number of ether oxygens (including phenoxy) is 1. The molecule has 4 N–H and O–H groups in total. The summed E-state index contributed by atoms with van der Waals surface area (Å²) >= 11 is 0. The highest BCUT2D eigenvalue weighted by molar-refractivity contribution is 5.95. The van der Waals surface area contributed by atoms with Crippen LogP contribution in [0.25, 0.3) is 0 Å². The Hall–Kier alpha value is -3.19. The van der Waals surface area contributed by atoms with Crippen molar-refractivity contribution in [2.24, 2.45) is 5.73 Å². The lowest BCUT2D eigenvalue weighted by Gasteiger charge is -2.33. The number of halogens is 6. The standard InChI is InChI=1S/C17H18F6N4O4/c18-16(19,20)13(17(21,22)23)31-15(30)27-6-4-10(5-7-27)25-14(29)26-11-3-1-2-9(8-11)12(24)28/h1-3,8,10,13H,4-7H2,(H2,24,28)(H2,25,26,29). The SMILES string of the molecule is NC(=O)c1cccc(NC(=O)NC2CCN(C(=O)OC(C(F)(F)F)C(F)(F)F)CC2)c1. The van der Waals surface area contributed by atoms with Crippen LogP contribution in [0.15, 0.2) is 24.3 Å². The minimum absolute atomic E-state index is 0.0759. The molecule has 1 heterocycles. The Balaban J connectivity index is 1.85. The molecule has 1 aromatic carbocycles. The molecule has 31 heavy (non-hydrogen) atoms. The molecule has 172 valence electrons. The van der Waals surface area contributed by atoms with Crippen LogP contribution in [0.4, 0.5) is 41.6 Å². The minimum atomic E-state index is -5.79. The number of benzene rings is 1. The summed E-state index contributed by atoms with van der Waals surface area (Å²) in [6, 6.07) is 4.64. The lowest BCUT2D eigenvalue weighted by atomic mass is 10.1. The van der Waals surface area contributed by atoms with Crippen LogP contribution >= 0.6 is 0 Å². The van der Waals surface area contributed by atoms with Gasteiger partial charge in [0.05, 0.1) is 0 Å². The molecule has 1 aliphatic heterocycles. The third-order valence-electron chi connectivity index (χ3n) is 4.31. The molecule has 1 aromatic rings. The van der Waals surface area contributed by atoms with Gasteiger partial charge in [0.1, 0.15) is 0 Å². The Labute approximate surface area is 171 Å². The third kappa shape index (κ3) is 6.93. The zero-order valence-corrected chi connectivity index (χ0v) is 15.7. The number of carbonyl (C=O) groups excluding carboxylic acids is 3. The van der Waals surface area contributed by atoms with Gasteiger partial charge in [0.15, 0.2) is 0 Å². The Kier molecular flexibility index (Phi) is 7.23. The molecule has 4 amide bonds. The van der Waals surface area contributed by atoms with Gasteiger partial charge in [-0.15, -0.1) is 0 Å². The van der Waals surface area contributed by atoms with Gasteiger partial charge in [0.25, 0.3) is 6.10 Å². The van der Waals surface area contributed by atoms with Gasteiger partial charge < -0.3 is 26.0 Å². The number of nitrogens with two attached hydrogens (primary N) is 1. The first-order chi connectivity index (χ1) is 14.3. The van der Waals surface area contributed by atoms with Crippen LogP contribution in [0.5, 0.6) is 0 Å². The number of nitrogens with zero attached hydrogens (tertiary/aromatic N) is 1. The van der Waals surface area contributed by atoms with E-state index >= 15 is 0 Å². The van der Waals surface area contributed by atoms with Crippen LogP contribution in [-0.2, 0) is 4.74 Å². The van der Waals surface area contributed by atoms with E-state index in [4.69, 9.17) is 5.73 Å². The second-order valence-electron chi connectivity index (χ2n) is 6.65. The van der Waals surface area contributed by atoms with Crippen LogP contribution in [0, 0.1) is 0 Å². The molecule has 14 heteroatoms. The van der Waals surface area contributed by atoms with E-state index in [-0.39, 0.29) is 37.2 Å². The van der Waals surface area contributed by atoms with E-state index in [2.05, 4.69) is 15.4 Å². The maximum absolute atomic E-state index is 12.5. The Morgan fingerprint density at radius 1 is 1.06 bits per heavy atom. The summed E-state index contributed by atoms with van der Waals surface area (Å²) in [5.74, 6) is -0.693. The molecule has 0 saturated carbocycles. The fraction of sp³-hybridized carbons (Fsp3) is 0.471. The van der Waals surface area contributed by atoms with Crippen molar-refractivity contribution in [3.8, 4) is 0 Å². The number of primary amides is 1. The Morgan fingerprint density at radius 2 is 1.65 bits per heavy atom. The summed E-state index contributed by atoms with van der Waals surface area (Å²) in [6.07, 6.45) is -17.4. The van der Waals surface area contributed by atoms with Gasteiger partial charge in [0.2, 0.25) is 5.91 Å². The molecule has 0 spiro atoms. The van der Waals surface area contributed by atoms with Gasteiger partial charge in [0, 0.05) is 30.4 Å². The van der Waals surface area contributed by atoms with Gasteiger partial charge >= 0.3 is 24.5 Å². The quantitative estimate of drug-likeness (QED) is 0.605. The second-order valence-corrected chi connectivity index (χ2v) is 6.65. The number of likely N-dealkylation sites (tertiary alicyclic amines) is 1. The van der Waals surface area contributed by atoms with Crippen LogP contribution in [-0.4, -0.2) is 60.5 Å². The molecule has 1 saturated heterocycles. The first kappa shape index (κ1) is 24.1. The van der Waals surface area contributed by atoms with Crippen molar-refractivity contribution >= 4 is 23.7 Å². The van der Waals surface area contributed by atoms with Crippen LogP contribution in [0.1, 0.15) is 23.2 Å². The average Bonchev–Trinajstić information content (AvgIpc) is 2.64. The lowest BCUT2D eigenvalue weighted by molar-refractivity contribution is -0.308. The number of rotatable bonds is 4. The Morgan fingerprint density at radius 3 is 2.16 bits per heavy atom. The predicted octanol–water partition coefficient (Wildman–Crippen LogP) is 3.00. The van der Waals surface area contributed by atoms with Gasteiger partial charge in [-0.05, 0) is 31.0 Å². The number of amides is 4. The highest BCUT2D eigenvalue weighted by atomic mass is 19.4. The lowest BCUT2D eigenvalue weighted by Crippen LogP contribution is -2.51. The molecule has 1 fully saturated rings. The van der Waals surface area contributed by atoms with E-state index in [9.17, 15) is 40.7 Å². The highest BCUT2D eigenvalue weighted by Gasteiger charge is 2.60. The number of hydrogen-bond donors (Lipinski definition) is 3. The maximum Gasteiger partial charge on any atom is 0.434 e. The molecular formula is C17H18F6N4O4. The first-order valence-corrected chi connectivity index (χ1v) is 8.83.